The molecule has 4 nitrogen and oxygen atoms in total. The number of aliphatic hydroxyl groups is 1. The number of aromatic nitrogens is 1. The molecule has 1 aromatic carbocycles. The molecule has 1 N–H and O–H groups in total. The van der Waals surface area contributed by atoms with Crippen LogP contribution < -0.4 is 0 Å². The average molecular weight is 291 g/mol. The SMILES string of the molecule is CCOC(=O)C[C@@H](O)c1csc(-c2cccc(C)c2)n1. The number of ether oxygens (including phenoxy) is 1. The molecule has 0 aliphatic rings. The predicted molar refractivity (Wildman–Crippen MR) is 78.5 cm³/mol. The summed E-state index contributed by atoms with van der Waals surface area (Å²) in [7, 11) is 0. The van der Waals surface area contributed by atoms with Gasteiger partial charge in [0.05, 0.1) is 18.7 Å². The molecular weight excluding hydrogens is 274 g/mol. The molecule has 0 spiro atoms. The smallest absolute Gasteiger partial charge is 0.308 e. The van der Waals surface area contributed by atoms with Gasteiger partial charge in [-0.3, -0.25) is 4.79 Å². The highest BCUT2D eigenvalue weighted by atomic mass is 32.1. The van der Waals surface area contributed by atoms with Crippen molar-refractivity contribution >= 4 is 17.3 Å². The average Bonchev–Trinajstić information content (AvgIpc) is 2.88. The van der Waals surface area contributed by atoms with E-state index in [1.807, 2.05) is 31.2 Å². The Morgan fingerprint density at radius 2 is 2.30 bits per heavy atom. The Balaban J connectivity index is 2.10. The fourth-order valence-electron chi connectivity index (χ4n) is 1.83. The van der Waals surface area contributed by atoms with Gasteiger partial charge in [0.2, 0.25) is 0 Å². The van der Waals surface area contributed by atoms with Gasteiger partial charge >= 0.3 is 5.97 Å². The number of carbonyl (C=O) groups is 1. The number of aliphatic hydroxyl groups excluding tert-OH is 1. The number of nitrogens with zero attached hydrogens (tertiary/aromatic N) is 1. The Morgan fingerprint density at radius 3 is 3.00 bits per heavy atom. The highest BCUT2D eigenvalue weighted by Gasteiger charge is 2.17. The Kier molecular flexibility index (Phi) is 4.87. The van der Waals surface area contributed by atoms with Crippen molar-refractivity contribution in [1.29, 1.82) is 0 Å². The monoisotopic (exact) mass is 291 g/mol. The zero-order valence-corrected chi connectivity index (χ0v) is 12.3. The van der Waals surface area contributed by atoms with Gasteiger partial charge in [-0.25, -0.2) is 4.98 Å². The third-order valence-corrected chi connectivity index (χ3v) is 3.70. The lowest BCUT2D eigenvalue weighted by Crippen LogP contribution is -2.10. The van der Waals surface area contributed by atoms with Gasteiger partial charge in [0.1, 0.15) is 11.1 Å². The van der Waals surface area contributed by atoms with Gasteiger partial charge in [-0.1, -0.05) is 23.8 Å². The molecule has 0 unspecified atom stereocenters. The number of thiazole rings is 1. The van der Waals surface area contributed by atoms with Crippen LogP contribution in [-0.2, 0) is 9.53 Å². The number of carbonyl (C=O) groups excluding carboxylic acids is 1. The van der Waals surface area contributed by atoms with Crippen LogP contribution in [0.5, 0.6) is 0 Å². The van der Waals surface area contributed by atoms with Crippen molar-refractivity contribution in [3.8, 4) is 10.6 Å². The lowest BCUT2D eigenvalue weighted by Gasteiger charge is -2.06. The largest absolute Gasteiger partial charge is 0.466 e. The van der Waals surface area contributed by atoms with Crippen molar-refractivity contribution in [3.63, 3.8) is 0 Å². The van der Waals surface area contributed by atoms with Crippen molar-refractivity contribution in [2.24, 2.45) is 0 Å². The zero-order chi connectivity index (χ0) is 14.5. The number of benzene rings is 1. The molecular formula is C15H17NO3S. The first-order valence-electron chi connectivity index (χ1n) is 6.46. The summed E-state index contributed by atoms with van der Waals surface area (Å²) in [5.41, 5.74) is 2.69. The minimum absolute atomic E-state index is 0.0647. The molecule has 106 valence electrons. The van der Waals surface area contributed by atoms with Gasteiger partial charge in [0.25, 0.3) is 0 Å². The van der Waals surface area contributed by atoms with Gasteiger partial charge in [-0.2, -0.15) is 0 Å². The second-order valence-corrected chi connectivity index (χ2v) is 5.33. The van der Waals surface area contributed by atoms with E-state index in [0.717, 1.165) is 16.1 Å². The molecule has 0 aliphatic heterocycles. The van der Waals surface area contributed by atoms with E-state index in [9.17, 15) is 9.90 Å². The van der Waals surface area contributed by atoms with E-state index >= 15 is 0 Å². The molecule has 0 amide bonds. The van der Waals surface area contributed by atoms with Crippen LogP contribution in [0.4, 0.5) is 0 Å². The molecule has 2 rings (SSSR count). The van der Waals surface area contributed by atoms with Crippen LogP contribution >= 0.6 is 11.3 Å². The van der Waals surface area contributed by atoms with Crippen molar-refractivity contribution in [2.45, 2.75) is 26.4 Å². The molecule has 0 aliphatic carbocycles. The lowest BCUT2D eigenvalue weighted by atomic mass is 10.1. The van der Waals surface area contributed by atoms with Gasteiger partial charge in [-0.15, -0.1) is 11.3 Å². The first-order valence-corrected chi connectivity index (χ1v) is 7.34. The second kappa shape index (κ2) is 6.63. The molecule has 1 atom stereocenters. The molecule has 0 saturated heterocycles. The molecule has 1 heterocycles. The van der Waals surface area contributed by atoms with Gasteiger partial charge in [0, 0.05) is 10.9 Å². The van der Waals surface area contributed by atoms with Gasteiger partial charge < -0.3 is 9.84 Å². The first kappa shape index (κ1) is 14.7. The summed E-state index contributed by atoms with van der Waals surface area (Å²) in [5.74, 6) is -0.412. The normalized spacial score (nSPS) is 12.2. The molecule has 20 heavy (non-hydrogen) atoms. The summed E-state index contributed by atoms with van der Waals surface area (Å²) in [6.45, 7) is 4.08. The topological polar surface area (TPSA) is 59.4 Å². The minimum atomic E-state index is -0.913. The molecule has 0 radical (unpaired) electrons. The van der Waals surface area contributed by atoms with E-state index in [4.69, 9.17) is 4.74 Å². The van der Waals surface area contributed by atoms with E-state index in [1.165, 1.54) is 11.3 Å². The Morgan fingerprint density at radius 1 is 1.50 bits per heavy atom. The van der Waals surface area contributed by atoms with Crippen molar-refractivity contribution < 1.29 is 14.6 Å². The number of hydrogen-bond acceptors (Lipinski definition) is 5. The summed E-state index contributed by atoms with van der Waals surface area (Å²) in [6, 6.07) is 8.02. The van der Waals surface area contributed by atoms with E-state index < -0.39 is 12.1 Å². The van der Waals surface area contributed by atoms with Crippen LogP contribution in [-0.4, -0.2) is 22.7 Å². The summed E-state index contributed by atoms with van der Waals surface area (Å²) in [6.07, 6.45) is -0.978. The van der Waals surface area contributed by atoms with Gasteiger partial charge in [0.15, 0.2) is 0 Å². The van der Waals surface area contributed by atoms with Crippen LogP contribution in [0.1, 0.15) is 30.7 Å². The first-order chi connectivity index (χ1) is 9.60. The number of hydrogen-bond donors (Lipinski definition) is 1. The van der Waals surface area contributed by atoms with Crippen LogP contribution in [0.2, 0.25) is 0 Å². The summed E-state index contributed by atoms with van der Waals surface area (Å²) < 4.78 is 4.82. The maximum absolute atomic E-state index is 11.3. The zero-order valence-electron chi connectivity index (χ0n) is 11.5. The fraction of sp³-hybridized carbons (Fsp3) is 0.333. The lowest BCUT2D eigenvalue weighted by molar-refractivity contribution is -0.145. The highest BCUT2D eigenvalue weighted by molar-refractivity contribution is 7.13. The van der Waals surface area contributed by atoms with Crippen molar-refractivity contribution in [2.75, 3.05) is 6.61 Å². The Labute approximate surface area is 122 Å². The minimum Gasteiger partial charge on any atom is -0.466 e. The van der Waals surface area contributed by atoms with Crippen LogP contribution in [0, 0.1) is 6.92 Å². The summed E-state index contributed by atoms with van der Waals surface area (Å²) in [4.78, 5) is 15.7. The molecule has 2 aromatic rings. The number of esters is 1. The molecule has 0 saturated carbocycles. The van der Waals surface area contributed by atoms with Crippen molar-refractivity contribution in [3.05, 3.63) is 40.9 Å². The summed E-state index contributed by atoms with van der Waals surface area (Å²) in [5, 5.41) is 12.6. The Hall–Kier alpha value is -1.72. The number of aryl methyl sites for hydroxylation is 1. The maximum atomic E-state index is 11.3. The molecule has 5 heteroatoms. The second-order valence-electron chi connectivity index (χ2n) is 4.47. The maximum Gasteiger partial charge on any atom is 0.308 e. The molecule has 0 fully saturated rings. The summed E-state index contributed by atoms with van der Waals surface area (Å²) >= 11 is 1.46. The third kappa shape index (κ3) is 3.65. The molecule has 1 aromatic heterocycles. The fourth-order valence-corrected chi connectivity index (χ4v) is 2.70. The van der Waals surface area contributed by atoms with Crippen LogP contribution in [0.15, 0.2) is 29.6 Å². The van der Waals surface area contributed by atoms with E-state index in [0.29, 0.717) is 12.3 Å². The van der Waals surface area contributed by atoms with Crippen LogP contribution in [0.3, 0.4) is 0 Å². The highest BCUT2D eigenvalue weighted by Crippen LogP contribution is 2.27. The third-order valence-electron chi connectivity index (χ3n) is 2.79. The van der Waals surface area contributed by atoms with Gasteiger partial charge in [-0.05, 0) is 19.9 Å². The predicted octanol–water partition coefficient (Wildman–Crippen LogP) is 3.11. The van der Waals surface area contributed by atoms with Crippen LogP contribution in [0.25, 0.3) is 10.6 Å². The van der Waals surface area contributed by atoms with E-state index in [-0.39, 0.29) is 6.42 Å². The quantitative estimate of drug-likeness (QED) is 0.860. The number of rotatable bonds is 5. The van der Waals surface area contributed by atoms with Crippen molar-refractivity contribution in [1.82, 2.24) is 4.98 Å². The standard InChI is InChI=1S/C15H17NO3S/c1-3-19-14(18)8-13(17)12-9-20-15(16-12)11-6-4-5-10(2)7-11/h4-7,9,13,17H,3,8H2,1-2H3/t13-/m1/s1. The van der Waals surface area contributed by atoms with E-state index in [2.05, 4.69) is 4.98 Å². The molecule has 0 bridgehead atoms. The van der Waals surface area contributed by atoms with E-state index in [1.54, 1.807) is 12.3 Å². The Bertz CT molecular complexity index is 594.